The van der Waals surface area contributed by atoms with Crippen molar-refractivity contribution in [1.29, 1.82) is 0 Å². The molecule has 1 aliphatic heterocycles. The lowest BCUT2D eigenvalue weighted by atomic mass is 9.99. The Bertz CT molecular complexity index is 429. The Balaban J connectivity index is 1.90. The summed E-state index contributed by atoms with van der Waals surface area (Å²) in [5.41, 5.74) is 0.946. The fourth-order valence-electron chi connectivity index (χ4n) is 2.38. The Hall–Kier alpha value is -1.68. The average molecular weight is 260 g/mol. The maximum atomic E-state index is 12.1. The molecule has 1 unspecified atom stereocenters. The number of rotatable bonds is 4. The van der Waals surface area contributed by atoms with Gasteiger partial charge in [-0.25, -0.2) is 0 Å². The molecular weight excluding hydrogens is 240 g/mol. The quantitative estimate of drug-likeness (QED) is 0.777. The van der Waals surface area contributed by atoms with Gasteiger partial charge in [-0.1, -0.05) is 6.07 Å². The molecular formula is C15H20N2O2. The highest BCUT2D eigenvalue weighted by Gasteiger charge is 2.21. The third-order valence-electron chi connectivity index (χ3n) is 3.34. The van der Waals surface area contributed by atoms with Gasteiger partial charge in [-0.2, -0.15) is 0 Å². The minimum atomic E-state index is 0.0738. The van der Waals surface area contributed by atoms with Crippen molar-refractivity contribution in [1.82, 2.24) is 9.88 Å². The van der Waals surface area contributed by atoms with Crippen molar-refractivity contribution in [3.05, 3.63) is 36.2 Å². The van der Waals surface area contributed by atoms with Crippen LogP contribution in [-0.2, 0) is 9.53 Å². The minimum Gasteiger partial charge on any atom is -0.384 e. The zero-order valence-electron chi connectivity index (χ0n) is 11.3. The highest BCUT2D eigenvalue weighted by molar-refractivity contribution is 5.91. The lowest BCUT2D eigenvalue weighted by Crippen LogP contribution is -2.40. The van der Waals surface area contributed by atoms with Gasteiger partial charge in [-0.05, 0) is 36.5 Å². The van der Waals surface area contributed by atoms with Crippen LogP contribution in [0.3, 0.4) is 0 Å². The molecule has 1 fully saturated rings. The largest absolute Gasteiger partial charge is 0.384 e. The zero-order chi connectivity index (χ0) is 13.5. The number of pyridine rings is 1. The minimum absolute atomic E-state index is 0.0738. The molecule has 0 aromatic carbocycles. The summed E-state index contributed by atoms with van der Waals surface area (Å²) in [6.45, 7) is 2.37. The van der Waals surface area contributed by atoms with Gasteiger partial charge < -0.3 is 9.64 Å². The maximum Gasteiger partial charge on any atom is 0.246 e. The summed E-state index contributed by atoms with van der Waals surface area (Å²) in [5.74, 6) is 0.541. The Kier molecular flexibility index (Phi) is 5.10. The van der Waals surface area contributed by atoms with Crippen LogP contribution in [0.5, 0.6) is 0 Å². The Labute approximate surface area is 114 Å². The molecule has 102 valence electrons. The molecule has 1 amide bonds. The van der Waals surface area contributed by atoms with E-state index in [2.05, 4.69) is 4.98 Å². The van der Waals surface area contributed by atoms with E-state index in [0.717, 1.165) is 38.1 Å². The summed E-state index contributed by atoms with van der Waals surface area (Å²) < 4.78 is 5.17. The number of aromatic nitrogens is 1. The van der Waals surface area contributed by atoms with Crippen LogP contribution in [0, 0.1) is 5.92 Å². The van der Waals surface area contributed by atoms with Gasteiger partial charge in [0.25, 0.3) is 0 Å². The van der Waals surface area contributed by atoms with Gasteiger partial charge in [0.15, 0.2) is 0 Å². The van der Waals surface area contributed by atoms with Crippen molar-refractivity contribution >= 4 is 12.0 Å². The fourth-order valence-corrected chi connectivity index (χ4v) is 2.38. The van der Waals surface area contributed by atoms with Gasteiger partial charge in [-0.3, -0.25) is 9.78 Å². The second kappa shape index (κ2) is 7.04. The van der Waals surface area contributed by atoms with Crippen molar-refractivity contribution in [2.45, 2.75) is 12.8 Å². The Morgan fingerprint density at radius 2 is 2.53 bits per heavy atom. The molecule has 1 atom stereocenters. The molecule has 0 N–H and O–H groups in total. The van der Waals surface area contributed by atoms with E-state index in [1.807, 2.05) is 23.1 Å². The molecule has 1 aliphatic rings. The lowest BCUT2D eigenvalue weighted by molar-refractivity contribution is -0.128. The van der Waals surface area contributed by atoms with Crippen molar-refractivity contribution in [2.24, 2.45) is 5.92 Å². The molecule has 1 aromatic heterocycles. The molecule has 1 aromatic rings. The number of nitrogens with zero attached hydrogens (tertiary/aromatic N) is 2. The van der Waals surface area contributed by atoms with Crippen LogP contribution in [0.1, 0.15) is 18.4 Å². The summed E-state index contributed by atoms with van der Waals surface area (Å²) in [6.07, 6.45) is 9.11. The number of likely N-dealkylation sites (tertiary alicyclic amines) is 1. The number of amides is 1. The van der Waals surface area contributed by atoms with E-state index in [9.17, 15) is 4.79 Å². The van der Waals surface area contributed by atoms with E-state index in [1.54, 1.807) is 25.6 Å². The van der Waals surface area contributed by atoms with Gasteiger partial charge in [0, 0.05) is 38.7 Å². The van der Waals surface area contributed by atoms with Crippen molar-refractivity contribution < 1.29 is 9.53 Å². The van der Waals surface area contributed by atoms with E-state index in [0.29, 0.717) is 5.92 Å². The summed E-state index contributed by atoms with van der Waals surface area (Å²) in [6, 6.07) is 3.79. The van der Waals surface area contributed by atoms with E-state index >= 15 is 0 Å². The number of hydrogen-bond acceptors (Lipinski definition) is 3. The first-order valence-corrected chi connectivity index (χ1v) is 6.65. The normalized spacial score (nSPS) is 19.8. The summed E-state index contributed by atoms with van der Waals surface area (Å²) in [4.78, 5) is 18.0. The monoisotopic (exact) mass is 260 g/mol. The number of carbonyl (C=O) groups excluding carboxylic acids is 1. The van der Waals surface area contributed by atoms with Crippen LogP contribution >= 0.6 is 0 Å². The summed E-state index contributed by atoms with van der Waals surface area (Å²) in [5, 5.41) is 0. The first-order valence-electron chi connectivity index (χ1n) is 6.65. The first-order chi connectivity index (χ1) is 9.29. The highest BCUT2D eigenvalue weighted by atomic mass is 16.5. The number of ether oxygens (including phenoxy) is 1. The highest BCUT2D eigenvalue weighted by Crippen LogP contribution is 2.17. The second-order valence-electron chi connectivity index (χ2n) is 4.87. The molecule has 4 nitrogen and oxygen atoms in total. The number of piperidine rings is 1. The third kappa shape index (κ3) is 4.17. The third-order valence-corrected chi connectivity index (χ3v) is 3.34. The van der Waals surface area contributed by atoms with Crippen LogP contribution in [0.25, 0.3) is 6.08 Å². The number of carbonyl (C=O) groups is 1. The van der Waals surface area contributed by atoms with Gasteiger partial charge in [0.1, 0.15) is 0 Å². The van der Waals surface area contributed by atoms with E-state index in [4.69, 9.17) is 4.74 Å². The smallest absolute Gasteiger partial charge is 0.246 e. The lowest BCUT2D eigenvalue weighted by Gasteiger charge is -2.31. The van der Waals surface area contributed by atoms with Crippen molar-refractivity contribution in [3.63, 3.8) is 0 Å². The Morgan fingerprint density at radius 1 is 1.63 bits per heavy atom. The molecule has 0 saturated carbocycles. The maximum absolute atomic E-state index is 12.1. The van der Waals surface area contributed by atoms with E-state index in [1.165, 1.54) is 0 Å². The first kappa shape index (κ1) is 13.7. The standard InChI is InChI=1S/C15H20N2O2/c1-19-12-14-5-3-9-17(11-14)15(18)7-6-13-4-2-8-16-10-13/h2,4,6-8,10,14H,3,5,9,11-12H2,1H3/b7-6+. The van der Waals surface area contributed by atoms with Crippen LogP contribution < -0.4 is 0 Å². The molecule has 0 bridgehead atoms. The molecule has 0 radical (unpaired) electrons. The van der Waals surface area contributed by atoms with E-state index in [-0.39, 0.29) is 5.91 Å². The summed E-state index contributed by atoms with van der Waals surface area (Å²) in [7, 11) is 1.71. The Morgan fingerprint density at radius 3 is 3.26 bits per heavy atom. The molecule has 2 heterocycles. The molecule has 0 spiro atoms. The van der Waals surface area contributed by atoms with Crippen molar-refractivity contribution in [2.75, 3.05) is 26.8 Å². The van der Waals surface area contributed by atoms with Gasteiger partial charge in [0.05, 0.1) is 6.61 Å². The molecule has 4 heteroatoms. The number of hydrogen-bond donors (Lipinski definition) is 0. The zero-order valence-corrected chi connectivity index (χ0v) is 11.3. The molecule has 0 aliphatic carbocycles. The predicted molar refractivity (Wildman–Crippen MR) is 74.5 cm³/mol. The van der Waals surface area contributed by atoms with Crippen LogP contribution in [-0.4, -0.2) is 42.6 Å². The van der Waals surface area contributed by atoms with Crippen molar-refractivity contribution in [3.8, 4) is 0 Å². The fraction of sp³-hybridized carbons (Fsp3) is 0.467. The molecule has 2 rings (SSSR count). The van der Waals surface area contributed by atoms with Crippen LogP contribution in [0.2, 0.25) is 0 Å². The average Bonchev–Trinajstić information content (AvgIpc) is 2.46. The van der Waals surface area contributed by atoms with Gasteiger partial charge >= 0.3 is 0 Å². The molecule has 19 heavy (non-hydrogen) atoms. The molecule has 1 saturated heterocycles. The van der Waals surface area contributed by atoms with E-state index < -0.39 is 0 Å². The second-order valence-corrected chi connectivity index (χ2v) is 4.87. The van der Waals surface area contributed by atoms with Gasteiger partial charge in [-0.15, -0.1) is 0 Å². The predicted octanol–water partition coefficient (Wildman–Crippen LogP) is 1.98. The van der Waals surface area contributed by atoms with Crippen LogP contribution in [0.4, 0.5) is 0 Å². The summed E-state index contributed by atoms with van der Waals surface area (Å²) >= 11 is 0. The van der Waals surface area contributed by atoms with Gasteiger partial charge in [0.2, 0.25) is 5.91 Å². The topological polar surface area (TPSA) is 42.4 Å². The van der Waals surface area contributed by atoms with Crippen LogP contribution in [0.15, 0.2) is 30.6 Å². The SMILES string of the molecule is COCC1CCCN(C(=O)/C=C/c2cccnc2)C1. The number of methoxy groups -OCH3 is 1.